The Morgan fingerprint density at radius 2 is 1.69 bits per heavy atom. The van der Waals surface area contributed by atoms with Crippen LogP contribution in [-0.2, 0) is 6.54 Å². The summed E-state index contributed by atoms with van der Waals surface area (Å²) in [5.74, 6) is 3.26. The lowest BCUT2D eigenvalue weighted by atomic mass is 10.0. The number of hydrogen-bond acceptors (Lipinski definition) is 6. The Labute approximate surface area is 206 Å². The molecule has 0 bridgehead atoms. The molecule has 1 saturated heterocycles. The number of piperidine rings is 1. The predicted octanol–water partition coefficient (Wildman–Crippen LogP) is 5.46. The van der Waals surface area contributed by atoms with E-state index in [0.29, 0.717) is 12.6 Å². The van der Waals surface area contributed by atoms with Crippen LogP contribution in [0.25, 0.3) is 22.3 Å². The summed E-state index contributed by atoms with van der Waals surface area (Å²) in [5, 5.41) is 4.58. The Morgan fingerprint density at radius 1 is 0.914 bits per heavy atom. The van der Waals surface area contributed by atoms with Gasteiger partial charge >= 0.3 is 0 Å². The van der Waals surface area contributed by atoms with Gasteiger partial charge in [-0.2, -0.15) is 0 Å². The molecule has 1 N–H and O–H groups in total. The molecule has 1 aliphatic rings. The van der Waals surface area contributed by atoms with Gasteiger partial charge in [-0.3, -0.25) is 0 Å². The maximum atomic E-state index is 5.87. The number of anilines is 1. The van der Waals surface area contributed by atoms with E-state index in [-0.39, 0.29) is 0 Å². The largest absolute Gasteiger partial charge is 0.493 e. The molecule has 2 heterocycles. The summed E-state index contributed by atoms with van der Waals surface area (Å²) in [6.07, 6.45) is 2.13. The fraction of sp³-hybridized carbons (Fsp3) is 0.310. The molecule has 180 valence electrons. The number of ether oxygens (including phenoxy) is 2. The van der Waals surface area contributed by atoms with Crippen LogP contribution in [0.3, 0.4) is 0 Å². The lowest BCUT2D eigenvalue weighted by molar-refractivity contribution is 0.310. The van der Waals surface area contributed by atoms with Crippen molar-refractivity contribution in [1.82, 2.24) is 15.3 Å². The maximum Gasteiger partial charge on any atom is 0.162 e. The van der Waals surface area contributed by atoms with Crippen LogP contribution in [-0.4, -0.2) is 42.8 Å². The van der Waals surface area contributed by atoms with Crippen molar-refractivity contribution in [3.8, 4) is 22.9 Å². The third-order valence-electron chi connectivity index (χ3n) is 6.52. The van der Waals surface area contributed by atoms with Crippen LogP contribution in [0.4, 0.5) is 5.82 Å². The van der Waals surface area contributed by atoms with Gasteiger partial charge in [-0.25, -0.2) is 9.97 Å². The zero-order valence-electron chi connectivity index (χ0n) is 20.4. The number of benzene rings is 3. The molecule has 0 saturated carbocycles. The first-order valence-corrected chi connectivity index (χ1v) is 12.4. The molecule has 6 heteroatoms. The number of aromatic nitrogens is 2. The number of rotatable bonds is 8. The van der Waals surface area contributed by atoms with Gasteiger partial charge in [-0.05, 0) is 62.7 Å². The lowest BCUT2D eigenvalue weighted by Gasteiger charge is -2.36. The minimum atomic E-state index is 0.371. The highest BCUT2D eigenvalue weighted by Crippen LogP contribution is 2.34. The number of methoxy groups -OCH3 is 1. The fourth-order valence-electron chi connectivity index (χ4n) is 4.77. The fourth-order valence-corrected chi connectivity index (χ4v) is 4.77. The Hall–Kier alpha value is -3.64. The molecule has 0 spiro atoms. The van der Waals surface area contributed by atoms with Crippen LogP contribution >= 0.6 is 0 Å². The van der Waals surface area contributed by atoms with E-state index in [9.17, 15) is 0 Å². The zero-order chi connectivity index (χ0) is 24.0. The molecular formula is C29H32N4O2. The number of para-hydroxylation sites is 1. The quantitative estimate of drug-likeness (QED) is 0.370. The minimum Gasteiger partial charge on any atom is -0.493 e. The van der Waals surface area contributed by atoms with Gasteiger partial charge in [0.05, 0.1) is 19.2 Å². The van der Waals surface area contributed by atoms with Gasteiger partial charge in [0.2, 0.25) is 0 Å². The first-order chi connectivity index (χ1) is 17.3. The molecule has 3 aromatic carbocycles. The van der Waals surface area contributed by atoms with Crippen LogP contribution < -0.4 is 19.7 Å². The summed E-state index contributed by atoms with van der Waals surface area (Å²) in [5.41, 5.74) is 3.14. The molecule has 1 aromatic heterocycles. The van der Waals surface area contributed by atoms with Crippen molar-refractivity contribution in [3.63, 3.8) is 0 Å². The standard InChI is InChI=1S/C29H32N4O2/c1-3-35-27-19-21(13-14-26(27)34-2)20-33(23-15-17-30-18-16-23)29-24-11-7-8-12-25(24)31-28(32-29)22-9-5-4-6-10-22/h4-14,19,23,30H,3,15-18,20H2,1-2H3. The van der Waals surface area contributed by atoms with E-state index in [2.05, 4.69) is 52.7 Å². The first-order valence-electron chi connectivity index (χ1n) is 12.4. The third kappa shape index (κ3) is 5.08. The highest BCUT2D eigenvalue weighted by Gasteiger charge is 2.25. The Kier molecular flexibility index (Phi) is 7.09. The second-order valence-electron chi connectivity index (χ2n) is 8.78. The van der Waals surface area contributed by atoms with Crippen LogP contribution in [0.2, 0.25) is 0 Å². The highest BCUT2D eigenvalue weighted by atomic mass is 16.5. The van der Waals surface area contributed by atoms with Crippen molar-refractivity contribution < 1.29 is 9.47 Å². The van der Waals surface area contributed by atoms with E-state index in [4.69, 9.17) is 19.4 Å². The van der Waals surface area contributed by atoms with E-state index in [1.165, 1.54) is 0 Å². The average Bonchev–Trinajstić information content (AvgIpc) is 2.92. The van der Waals surface area contributed by atoms with E-state index in [1.807, 2.05) is 37.3 Å². The Bertz CT molecular complexity index is 1270. The minimum absolute atomic E-state index is 0.371. The Balaban J connectivity index is 1.62. The van der Waals surface area contributed by atoms with Gasteiger partial charge in [0.15, 0.2) is 17.3 Å². The molecule has 1 fully saturated rings. The van der Waals surface area contributed by atoms with Crippen molar-refractivity contribution in [2.45, 2.75) is 32.4 Å². The van der Waals surface area contributed by atoms with Crippen LogP contribution in [0.5, 0.6) is 11.5 Å². The van der Waals surface area contributed by atoms with Gasteiger partial charge in [0, 0.05) is 23.5 Å². The molecule has 0 radical (unpaired) electrons. The second kappa shape index (κ2) is 10.7. The molecule has 5 rings (SSSR count). The van der Waals surface area contributed by atoms with Gasteiger partial charge < -0.3 is 19.7 Å². The van der Waals surface area contributed by atoms with Crippen molar-refractivity contribution in [1.29, 1.82) is 0 Å². The summed E-state index contributed by atoms with van der Waals surface area (Å²) in [6.45, 7) is 5.31. The third-order valence-corrected chi connectivity index (χ3v) is 6.52. The second-order valence-corrected chi connectivity index (χ2v) is 8.78. The van der Waals surface area contributed by atoms with Crippen molar-refractivity contribution in [3.05, 3.63) is 78.4 Å². The summed E-state index contributed by atoms with van der Waals surface area (Å²) in [4.78, 5) is 12.6. The van der Waals surface area contributed by atoms with E-state index >= 15 is 0 Å². The molecule has 4 aromatic rings. The number of nitrogens with zero attached hydrogens (tertiary/aromatic N) is 3. The summed E-state index contributed by atoms with van der Waals surface area (Å²) < 4.78 is 11.4. The van der Waals surface area contributed by atoms with Gasteiger partial charge in [0.25, 0.3) is 0 Å². The topological polar surface area (TPSA) is 59.5 Å². The first kappa shape index (κ1) is 23.1. The lowest BCUT2D eigenvalue weighted by Crippen LogP contribution is -2.43. The molecule has 0 aliphatic carbocycles. The SMILES string of the molecule is CCOc1cc(CN(c2nc(-c3ccccc3)nc3ccccc23)C2CCNCC2)ccc1OC. The van der Waals surface area contributed by atoms with Crippen LogP contribution in [0.1, 0.15) is 25.3 Å². The molecule has 0 atom stereocenters. The molecule has 1 aliphatic heterocycles. The predicted molar refractivity (Wildman–Crippen MR) is 141 cm³/mol. The van der Waals surface area contributed by atoms with Gasteiger partial charge in [-0.15, -0.1) is 0 Å². The molecule has 35 heavy (non-hydrogen) atoms. The molecule has 0 amide bonds. The maximum absolute atomic E-state index is 5.87. The monoisotopic (exact) mass is 468 g/mol. The van der Waals surface area contributed by atoms with Crippen molar-refractivity contribution in [2.24, 2.45) is 0 Å². The smallest absolute Gasteiger partial charge is 0.162 e. The summed E-state index contributed by atoms with van der Waals surface area (Å²) in [6, 6.07) is 25.1. The van der Waals surface area contributed by atoms with E-state index in [0.717, 1.165) is 77.6 Å². The highest BCUT2D eigenvalue weighted by molar-refractivity contribution is 5.91. The van der Waals surface area contributed by atoms with Crippen molar-refractivity contribution >= 4 is 16.7 Å². The molecular weight excluding hydrogens is 436 g/mol. The van der Waals surface area contributed by atoms with E-state index < -0.39 is 0 Å². The van der Waals surface area contributed by atoms with Gasteiger partial charge in [-0.1, -0.05) is 48.5 Å². The normalized spacial score (nSPS) is 14.1. The van der Waals surface area contributed by atoms with Crippen LogP contribution in [0, 0.1) is 0 Å². The number of nitrogens with one attached hydrogen (secondary N) is 1. The Morgan fingerprint density at radius 3 is 2.46 bits per heavy atom. The average molecular weight is 469 g/mol. The summed E-state index contributed by atoms with van der Waals surface area (Å²) >= 11 is 0. The zero-order valence-corrected chi connectivity index (χ0v) is 20.4. The number of hydrogen-bond donors (Lipinski definition) is 1. The number of fused-ring (bicyclic) bond motifs is 1. The summed E-state index contributed by atoms with van der Waals surface area (Å²) in [7, 11) is 1.68. The molecule has 0 unspecified atom stereocenters. The van der Waals surface area contributed by atoms with Gasteiger partial charge in [0.1, 0.15) is 5.82 Å². The van der Waals surface area contributed by atoms with E-state index in [1.54, 1.807) is 7.11 Å². The van der Waals surface area contributed by atoms with Crippen LogP contribution in [0.15, 0.2) is 72.8 Å². The molecule has 6 nitrogen and oxygen atoms in total. The van der Waals surface area contributed by atoms with Crippen molar-refractivity contribution in [2.75, 3.05) is 31.7 Å².